The zero-order valence-corrected chi connectivity index (χ0v) is 10.6. The Bertz CT molecular complexity index is 576. The minimum absolute atomic E-state index is 0.212. The van der Waals surface area contributed by atoms with E-state index >= 15 is 0 Å². The Balaban J connectivity index is 2.09. The SMILES string of the molecule is CN(Cc1cn[nH]c1)C(=O)c1ccc(C(F)(F)F)cc1. The van der Waals surface area contributed by atoms with Crippen molar-refractivity contribution < 1.29 is 18.0 Å². The van der Waals surface area contributed by atoms with Gasteiger partial charge in [0.1, 0.15) is 0 Å². The van der Waals surface area contributed by atoms with Gasteiger partial charge in [-0.1, -0.05) is 0 Å². The molecule has 0 spiro atoms. The van der Waals surface area contributed by atoms with Gasteiger partial charge in [0.2, 0.25) is 0 Å². The third-order valence-corrected chi connectivity index (χ3v) is 2.78. The van der Waals surface area contributed by atoms with Crippen molar-refractivity contribution in [3.63, 3.8) is 0 Å². The van der Waals surface area contributed by atoms with Gasteiger partial charge in [-0.05, 0) is 24.3 Å². The molecule has 7 heteroatoms. The van der Waals surface area contributed by atoms with Crippen LogP contribution in [0.5, 0.6) is 0 Å². The Morgan fingerprint density at radius 2 is 1.95 bits per heavy atom. The normalized spacial score (nSPS) is 11.4. The van der Waals surface area contributed by atoms with Gasteiger partial charge in [-0.15, -0.1) is 0 Å². The largest absolute Gasteiger partial charge is 0.416 e. The number of aromatic amines is 1. The Hall–Kier alpha value is -2.31. The van der Waals surface area contributed by atoms with Crippen LogP contribution in [0.25, 0.3) is 0 Å². The highest BCUT2D eigenvalue weighted by molar-refractivity contribution is 5.94. The molecular weight excluding hydrogens is 271 g/mol. The smallest absolute Gasteiger partial charge is 0.337 e. The number of rotatable bonds is 3. The van der Waals surface area contributed by atoms with E-state index in [-0.39, 0.29) is 11.5 Å². The van der Waals surface area contributed by atoms with Gasteiger partial charge in [-0.25, -0.2) is 0 Å². The number of halogens is 3. The summed E-state index contributed by atoms with van der Waals surface area (Å²) in [5, 5.41) is 6.38. The molecule has 1 N–H and O–H groups in total. The summed E-state index contributed by atoms with van der Waals surface area (Å²) in [5.74, 6) is -0.347. The first-order chi connectivity index (χ1) is 9.38. The molecule has 0 unspecified atom stereocenters. The van der Waals surface area contributed by atoms with Crippen LogP contribution in [0.3, 0.4) is 0 Å². The number of H-pyrrole nitrogens is 1. The monoisotopic (exact) mass is 283 g/mol. The number of carbonyl (C=O) groups is 1. The maximum atomic E-state index is 12.4. The minimum Gasteiger partial charge on any atom is -0.337 e. The van der Waals surface area contributed by atoms with Crippen molar-refractivity contribution in [2.75, 3.05) is 7.05 Å². The van der Waals surface area contributed by atoms with E-state index in [0.717, 1.165) is 17.7 Å². The summed E-state index contributed by atoms with van der Waals surface area (Å²) >= 11 is 0. The molecule has 0 radical (unpaired) electrons. The number of aromatic nitrogens is 2. The average Bonchev–Trinajstić information content (AvgIpc) is 2.90. The first-order valence-electron chi connectivity index (χ1n) is 5.78. The maximum Gasteiger partial charge on any atom is 0.416 e. The number of carbonyl (C=O) groups excluding carboxylic acids is 1. The van der Waals surface area contributed by atoms with E-state index in [1.807, 2.05) is 0 Å². The lowest BCUT2D eigenvalue weighted by Gasteiger charge is -2.16. The van der Waals surface area contributed by atoms with Crippen LogP contribution in [0.4, 0.5) is 13.2 Å². The van der Waals surface area contributed by atoms with E-state index in [0.29, 0.717) is 6.54 Å². The lowest BCUT2D eigenvalue weighted by atomic mass is 10.1. The molecular formula is C13H12F3N3O. The predicted molar refractivity (Wildman–Crippen MR) is 65.8 cm³/mol. The molecule has 0 bridgehead atoms. The van der Waals surface area contributed by atoms with Gasteiger partial charge in [-0.2, -0.15) is 18.3 Å². The number of nitrogens with one attached hydrogen (secondary N) is 1. The van der Waals surface area contributed by atoms with E-state index < -0.39 is 11.7 Å². The summed E-state index contributed by atoms with van der Waals surface area (Å²) in [7, 11) is 1.58. The van der Waals surface area contributed by atoms with Gasteiger partial charge in [0.25, 0.3) is 5.91 Å². The topological polar surface area (TPSA) is 49.0 Å². The van der Waals surface area contributed by atoms with Crippen molar-refractivity contribution in [3.05, 3.63) is 53.3 Å². The summed E-state index contributed by atoms with van der Waals surface area (Å²) in [6.45, 7) is 0.330. The Kier molecular flexibility index (Phi) is 3.78. The summed E-state index contributed by atoms with van der Waals surface area (Å²) < 4.78 is 37.3. The molecule has 2 rings (SSSR count). The molecule has 1 amide bonds. The Morgan fingerprint density at radius 1 is 1.30 bits per heavy atom. The van der Waals surface area contributed by atoms with Crippen LogP contribution in [0.2, 0.25) is 0 Å². The molecule has 2 aromatic rings. The molecule has 1 aromatic heterocycles. The molecule has 0 aliphatic carbocycles. The van der Waals surface area contributed by atoms with E-state index in [2.05, 4.69) is 10.2 Å². The van der Waals surface area contributed by atoms with Gasteiger partial charge >= 0.3 is 6.18 Å². The van der Waals surface area contributed by atoms with Crippen LogP contribution in [0.15, 0.2) is 36.7 Å². The van der Waals surface area contributed by atoms with Gasteiger partial charge in [-0.3, -0.25) is 9.89 Å². The predicted octanol–water partition coefficient (Wildman–Crippen LogP) is 2.70. The van der Waals surface area contributed by atoms with Crippen molar-refractivity contribution in [1.29, 1.82) is 0 Å². The lowest BCUT2D eigenvalue weighted by Crippen LogP contribution is -2.26. The Morgan fingerprint density at radius 3 is 2.45 bits per heavy atom. The molecule has 0 fully saturated rings. The zero-order valence-electron chi connectivity index (χ0n) is 10.6. The van der Waals surface area contributed by atoms with E-state index in [4.69, 9.17) is 0 Å². The second kappa shape index (κ2) is 5.36. The van der Waals surface area contributed by atoms with Crippen LogP contribution >= 0.6 is 0 Å². The molecule has 0 aliphatic heterocycles. The standard InChI is InChI=1S/C13H12F3N3O/c1-19(8-9-6-17-18-7-9)12(20)10-2-4-11(5-3-10)13(14,15)16/h2-7H,8H2,1H3,(H,17,18). The van der Waals surface area contributed by atoms with Crippen LogP contribution < -0.4 is 0 Å². The van der Waals surface area contributed by atoms with E-state index in [1.54, 1.807) is 19.4 Å². The van der Waals surface area contributed by atoms with Gasteiger partial charge in [0, 0.05) is 30.9 Å². The first kappa shape index (κ1) is 14.1. The third-order valence-electron chi connectivity index (χ3n) is 2.78. The third kappa shape index (κ3) is 3.17. The summed E-state index contributed by atoms with van der Waals surface area (Å²) in [6, 6.07) is 4.16. The van der Waals surface area contributed by atoms with Crippen molar-refractivity contribution in [2.24, 2.45) is 0 Å². The number of amides is 1. The quantitative estimate of drug-likeness (QED) is 0.941. The first-order valence-corrected chi connectivity index (χ1v) is 5.78. The Labute approximate surface area is 113 Å². The highest BCUT2D eigenvalue weighted by atomic mass is 19.4. The summed E-state index contributed by atoms with van der Waals surface area (Å²) in [5.41, 5.74) is 0.253. The molecule has 1 heterocycles. The van der Waals surface area contributed by atoms with E-state index in [1.165, 1.54) is 17.0 Å². The fourth-order valence-corrected chi connectivity index (χ4v) is 1.73. The van der Waals surface area contributed by atoms with Crippen LogP contribution in [-0.4, -0.2) is 28.1 Å². The lowest BCUT2D eigenvalue weighted by molar-refractivity contribution is -0.137. The average molecular weight is 283 g/mol. The number of alkyl halides is 3. The van der Waals surface area contributed by atoms with Crippen molar-refractivity contribution in [2.45, 2.75) is 12.7 Å². The molecule has 1 aromatic carbocycles. The van der Waals surface area contributed by atoms with Gasteiger partial charge in [0.05, 0.1) is 11.8 Å². The molecule has 20 heavy (non-hydrogen) atoms. The maximum absolute atomic E-state index is 12.4. The highest BCUT2D eigenvalue weighted by Crippen LogP contribution is 2.29. The summed E-state index contributed by atoms with van der Waals surface area (Å²) in [4.78, 5) is 13.5. The highest BCUT2D eigenvalue weighted by Gasteiger charge is 2.30. The number of benzene rings is 1. The molecule has 4 nitrogen and oxygen atoms in total. The van der Waals surface area contributed by atoms with Crippen molar-refractivity contribution in [1.82, 2.24) is 15.1 Å². The van der Waals surface area contributed by atoms with Gasteiger partial charge < -0.3 is 4.90 Å². The minimum atomic E-state index is -4.40. The fraction of sp³-hybridized carbons (Fsp3) is 0.231. The molecule has 0 atom stereocenters. The van der Waals surface area contributed by atoms with Crippen LogP contribution in [0.1, 0.15) is 21.5 Å². The molecule has 106 valence electrons. The van der Waals surface area contributed by atoms with Gasteiger partial charge in [0.15, 0.2) is 0 Å². The van der Waals surface area contributed by atoms with Crippen LogP contribution in [-0.2, 0) is 12.7 Å². The molecule has 0 saturated heterocycles. The van der Waals surface area contributed by atoms with Crippen molar-refractivity contribution in [3.8, 4) is 0 Å². The number of hydrogen-bond acceptors (Lipinski definition) is 2. The fourth-order valence-electron chi connectivity index (χ4n) is 1.73. The number of nitrogens with zero attached hydrogens (tertiary/aromatic N) is 2. The molecule has 0 aliphatic rings. The second-order valence-corrected chi connectivity index (χ2v) is 4.34. The van der Waals surface area contributed by atoms with Crippen LogP contribution in [0, 0.1) is 0 Å². The number of hydrogen-bond donors (Lipinski definition) is 1. The van der Waals surface area contributed by atoms with E-state index in [9.17, 15) is 18.0 Å². The van der Waals surface area contributed by atoms with Crippen molar-refractivity contribution >= 4 is 5.91 Å². The summed E-state index contributed by atoms with van der Waals surface area (Å²) in [6.07, 6.45) is -1.17. The zero-order chi connectivity index (χ0) is 14.8. The molecule has 0 saturated carbocycles. The second-order valence-electron chi connectivity index (χ2n) is 4.34.